The lowest BCUT2D eigenvalue weighted by atomic mass is 10.0. The van der Waals surface area contributed by atoms with Gasteiger partial charge in [0.1, 0.15) is 6.04 Å². The molecule has 0 spiro atoms. The number of carboxylic acid groups (broad SMARTS) is 1. The van der Waals surface area contributed by atoms with Crippen molar-refractivity contribution < 1.29 is 19.5 Å². The first kappa shape index (κ1) is 20.7. The quantitative estimate of drug-likeness (QED) is 0.672. The number of carbonyl (C=O) groups excluding carboxylic acids is 2. The zero-order chi connectivity index (χ0) is 19.1. The third-order valence-corrected chi connectivity index (χ3v) is 3.67. The molecule has 25 heavy (non-hydrogen) atoms. The molecule has 0 aromatic heterocycles. The van der Waals surface area contributed by atoms with Crippen LogP contribution in [0.1, 0.15) is 56.5 Å². The van der Waals surface area contributed by atoms with Gasteiger partial charge in [0.05, 0.1) is 0 Å². The predicted molar refractivity (Wildman–Crippen MR) is 97.6 cm³/mol. The normalized spacial score (nSPS) is 12.1. The summed E-state index contributed by atoms with van der Waals surface area (Å²) in [6.07, 6.45) is 0.792. The highest BCUT2D eigenvalue weighted by atomic mass is 16.4. The topological polar surface area (TPSA) is 95.5 Å². The van der Waals surface area contributed by atoms with Crippen molar-refractivity contribution >= 4 is 23.5 Å². The first-order valence-corrected chi connectivity index (χ1v) is 8.54. The van der Waals surface area contributed by atoms with Gasteiger partial charge in [0.25, 0.3) is 5.91 Å². The van der Waals surface area contributed by atoms with Crippen molar-refractivity contribution in [1.29, 1.82) is 0 Å². The highest BCUT2D eigenvalue weighted by Crippen LogP contribution is 2.18. The highest BCUT2D eigenvalue weighted by Gasteiger charge is 2.22. The molecule has 0 saturated carbocycles. The Labute approximate surface area is 149 Å². The number of rotatable bonds is 8. The number of aryl methyl sites for hydroxylation is 1. The zero-order valence-electron chi connectivity index (χ0n) is 15.6. The van der Waals surface area contributed by atoms with Crippen molar-refractivity contribution in [1.82, 2.24) is 5.32 Å². The molecule has 6 heteroatoms. The number of hydrogen-bond donors (Lipinski definition) is 3. The van der Waals surface area contributed by atoms with E-state index in [0.717, 1.165) is 5.56 Å². The van der Waals surface area contributed by atoms with E-state index in [-0.39, 0.29) is 17.7 Å². The van der Waals surface area contributed by atoms with Gasteiger partial charge in [0.2, 0.25) is 5.91 Å². The van der Waals surface area contributed by atoms with E-state index in [1.807, 2.05) is 27.7 Å². The van der Waals surface area contributed by atoms with Crippen LogP contribution in [0.5, 0.6) is 0 Å². The molecule has 1 atom stereocenters. The van der Waals surface area contributed by atoms with Crippen molar-refractivity contribution in [3.63, 3.8) is 0 Å². The summed E-state index contributed by atoms with van der Waals surface area (Å²) in [5.41, 5.74) is 1.77. The van der Waals surface area contributed by atoms with Gasteiger partial charge >= 0.3 is 5.97 Å². The molecule has 0 bridgehead atoms. The molecular formula is C19H28N2O4. The number of hydrogen-bond acceptors (Lipinski definition) is 3. The van der Waals surface area contributed by atoms with Crippen LogP contribution in [0.25, 0.3) is 0 Å². The molecule has 0 heterocycles. The molecular weight excluding hydrogens is 320 g/mol. The lowest BCUT2D eigenvalue weighted by molar-refractivity contribution is -0.139. The van der Waals surface area contributed by atoms with E-state index >= 15 is 0 Å². The SMILES string of the molecule is Cc1cc(C(=O)N[C@@H](CC(C)C)C(=O)O)ccc1NC(=O)CC(C)C. The first-order chi connectivity index (χ1) is 11.6. The Balaban J connectivity index is 2.82. The van der Waals surface area contributed by atoms with Crippen LogP contribution in [0.3, 0.4) is 0 Å². The maximum absolute atomic E-state index is 12.3. The third-order valence-electron chi connectivity index (χ3n) is 3.67. The molecule has 6 nitrogen and oxygen atoms in total. The minimum absolute atomic E-state index is 0.0711. The Bertz CT molecular complexity index is 638. The van der Waals surface area contributed by atoms with Gasteiger partial charge in [0.15, 0.2) is 0 Å². The second-order valence-electron chi connectivity index (χ2n) is 7.17. The van der Waals surface area contributed by atoms with Crippen LogP contribution in [0, 0.1) is 18.8 Å². The number of carboxylic acids is 1. The minimum Gasteiger partial charge on any atom is -0.480 e. The summed E-state index contributed by atoms with van der Waals surface area (Å²) in [4.78, 5) is 35.4. The number of aliphatic carboxylic acids is 1. The Hall–Kier alpha value is -2.37. The van der Waals surface area contributed by atoms with Crippen LogP contribution in [0.15, 0.2) is 18.2 Å². The Morgan fingerprint density at radius 1 is 1.08 bits per heavy atom. The molecule has 0 aliphatic rings. The second kappa shape index (κ2) is 9.20. The van der Waals surface area contributed by atoms with E-state index < -0.39 is 17.9 Å². The van der Waals surface area contributed by atoms with Gasteiger partial charge in [0, 0.05) is 17.7 Å². The number of benzene rings is 1. The van der Waals surface area contributed by atoms with Crippen molar-refractivity contribution in [2.75, 3.05) is 5.32 Å². The Morgan fingerprint density at radius 3 is 2.20 bits per heavy atom. The van der Waals surface area contributed by atoms with Crippen molar-refractivity contribution in [3.8, 4) is 0 Å². The Morgan fingerprint density at radius 2 is 1.72 bits per heavy atom. The van der Waals surface area contributed by atoms with Gasteiger partial charge in [-0.3, -0.25) is 9.59 Å². The molecule has 0 radical (unpaired) electrons. The van der Waals surface area contributed by atoms with Crippen LogP contribution in [0.4, 0.5) is 5.69 Å². The summed E-state index contributed by atoms with van der Waals surface area (Å²) >= 11 is 0. The molecule has 2 amide bonds. The van der Waals surface area contributed by atoms with Crippen molar-refractivity contribution in [2.24, 2.45) is 11.8 Å². The molecule has 0 unspecified atom stereocenters. The van der Waals surface area contributed by atoms with Gasteiger partial charge in [-0.1, -0.05) is 27.7 Å². The van der Waals surface area contributed by atoms with Crippen molar-refractivity contribution in [3.05, 3.63) is 29.3 Å². The van der Waals surface area contributed by atoms with Gasteiger partial charge < -0.3 is 15.7 Å². The summed E-state index contributed by atoms with van der Waals surface area (Å²) in [6.45, 7) is 9.54. The number of anilines is 1. The fraction of sp³-hybridized carbons (Fsp3) is 0.526. The molecule has 1 aromatic rings. The summed E-state index contributed by atoms with van der Waals surface area (Å²) < 4.78 is 0. The van der Waals surface area contributed by atoms with Crippen LogP contribution in [-0.2, 0) is 9.59 Å². The second-order valence-corrected chi connectivity index (χ2v) is 7.17. The van der Waals surface area contributed by atoms with Gasteiger partial charge in [-0.15, -0.1) is 0 Å². The van der Waals surface area contributed by atoms with Gasteiger partial charge in [-0.2, -0.15) is 0 Å². The molecule has 0 fully saturated rings. The van der Waals surface area contributed by atoms with E-state index in [1.165, 1.54) is 0 Å². The molecule has 0 aliphatic carbocycles. The first-order valence-electron chi connectivity index (χ1n) is 8.54. The number of nitrogens with one attached hydrogen (secondary N) is 2. The molecule has 138 valence electrons. The van der Waals surface area contributed by atoms with Crippen molar-refractivity contribution in [2.45, 2.75) is 53.5 Å². The van der Waals surface area contributed by atoms with E-state index in [9.17, 15) is 19.5 Å². The zero-order valence-corrected chi connectivity index (χ0v) is 15.6. The molecule has 1 rings (SSSR count). The largest absolute Gasteiger partial charge is 0.480 e. The van der Waals surface area contributed by atoms with Crippen LogP contribution in [0.2, 0.25) is 0 Å². The van der Waals surface area contributed by atoms with E-state index in [1.54, 1.807) is 25.1 Å². The van der Waals surface area contributed by atoms with E-state index in [0.29, 0.717) is 24.1 Å². The summed E-state index contributed by atoms with van der Waals surface area (Å²) in [5.74, 6) is -1.13. The highest BCUT2D eigenvalue weighted by molar-refractivity contribution is 5.98. The average Bonchev–Trinajstić information content (AvgIpc) is 2.47. The van der Waals surface area contributed by atoms with E-state index in [2.05, 4.69) is 10.6 Å². The maximum atomic E-state index is 12.3. The van der Waals surface area contributed by atoms with Crippen LogP contribution in [-0.4, -0.2) is 28.9 Å². The van der Waals surface area contributed by atoms with Gasteiger partial charge in [-0.25, -0.2) is 4.79 Å². The fourth-order valence-corrected chi connectivity index (χ4v) is 2.45. The lowest BCUT2D eigenvalue weighted by Gasteiger charge is -2.17. The van der Waals surface area contributed by atoms with Gasteiger partial charge in [-0.05, 0) is 48.9 Å². The Kier molecular flexibility index (Phi) is 7.61. The van der Waals surface area contributed by atoms with Crippen LogP contribution < -0.4 is 10.6 Å². The monoisotopic (exact) mass is 348 g/mol. The van der Waals surface area contributed by atoms with E-state index in [4.69, 9.17) is 0 Å². The third kappa shape index (κ3) is 6.95. The smallest absolute Gasteiger partial charge is 0.326 e. The number of amides is 2. The number of carbonyl (C=O) groups is 3. The molecule has 0 aliphatic heterocycles. The minimum atomic E-state index is -1.05. The molecule has 0 saturated heterocycles. The van der Waals surface area contributed by atoms with Crippen LogP contribution >= 0.6 is 0 Å². The summed E-state index contributed by atoms with van der Waals surface area (Å²) in [7, 11) is 0. The molecule has 3 N–H and O–H groups in total. The standard InChI is InChI=1S/C19H28N2O4/c1-11(2)8-16(19(24)25)21-18(23)14-6-7-15(13(5)10-14)20-17(22)9-12(3)4/h6-7,10-12,16H,8-9H2,1-5H3,(H,20,22)(H,21,23)(H,24,25)/t16-/m0/s1. The fourth-order valence-electron chi connectivity index (χ4n) is 2.45. The predicted octanol–water partition coefficient (Wildman–Crippen LogP) is 3.21. The average molecular weight is 348 g/mol. The lowest BCUT2D eigenvalue weighted by Crippen LogP contribution is -2.41. The molecule has 1 aromatic carbocycles. The summed E-state index contributed by atoms with van der Waals surface area (Å²) in [5, 5.41) is 14.6. The maximum Gasteiger partial charge on any atom is 0.326 e. The summed E-state index contributed by atoms with van der Waals surface area (Å²) in [6, 6.07) is 3.98.